The van der Waals surface area contributed by atoms with Crippen molar-refractivity contribution < 1.29 is 0 Å². The average Bonchev–Trinajstić information content (AvgIpc) is 3.25. The van der Waals surface area contributed by atoms with Crippen molar-refractivity contribution in [3.8, 4) is 0 Å². The molecule has 0 atom stereocenters. The van der Waals surface area contributed by atoms with Crippen LogP contribution < -0.4 is 4.90 Å². The van der Waals surface area contributed by atoms with E-state index in [-0.39, 0.29) is 0 Å². The minimum atomic E-state index is 1.15. The molecule has 1 nitrogen and oxygen atoms in total. The minimum Gasteiger partial charge on any atom is -0.308 e. The van der Waals surface area contributed by atoms with E-state index in [1.54, 1.807) is 11.3 Å². The predicted molar refractivity (Wildman–Crippen MR) is 113 cm³/mol. The minimum absolute atomic E-state index is 1.15. The summed E-state index contributed by atoms with van der Waals surface area (Å²) >= 11 is 1.74. The SMILES string of the molecule is C(=C(c1ccccc1)c1ccccc1)N(c1ccccc1)c1cccs1. The molecular weight excluding hydrogens is 334 g/mol. The fraction of sp³-hybridized carbons (Fsp3) is 0. The Morgan fingerprint density at radius 2 is 1.15 bits per heavy atom. The molecule has 0 aliphatic rings. The number of nitrogens with zero attached hydrogens (tertiary/aromatic N) is 1. The maximum Gasteiger partial charge on any atom is 0.0994 e. The maximum atomic E-state index is 2.26. The highest BCUT2D eigenvalue weighted by Gasteiger charge is 2.12. The van der Waals surface area contributed by atoms with Gasteiger partial charge in [-0.05, 0) is 40.8 Å². The predicted octanol–water partition coefficient (Wildman–Crippen LogP) is 6.98. The summed E-state index contributed by atoms with van der Waals surface area (Å²) in [6, 6.07) is 35.9. The quantitative estimate of drug-likeness (QED) is 0.374. The van der Waals surface area contributed by atoms with E-state index < -0.39 is 0 Å². The smallest absolute Gasteiger partial charge is 0.0994 e. The molecule has 0 bridgehead atoms. The number of para-hydroxylation sites is 1. The van der Waals surface area contributed by atoms with E-state index in [2.05, 4.69) is 120 Å². The van der Waals surface area contributed by atoms with Gasteiger partial charge in [-0.15, -0.1) is 11.3 Å². The molecular formula is C24H19NS. The fourth-order valence-corrected chi connectivity index (χ4v) is 3.67. The van der Waals surface area contributed by atoms with Crippen molar-refractivity contribution in [2.45, 2.75) is 0 Å². The van der Waals surface area contributed by atoms with Crippen LogP contribution in [0.3, 0.4) is 0 Å². The number of hydrogen-bond donors (Lipinski definition) is 0. The molecule has 126 valence electrons. The molecule has 26 heavy (non-hydrogen) atoms. The standard InChI is InChI=1S/C24H19NS/c1-4-11-20(12-5-1)23(21-13-6-2-7-14-21)19-25(24-17-10-18-26-24)22-15-8-3-9-16-22/h1-19H. The Morgan fingerprint density at radius 1 is 0.615 bits per heavy atom. The van der Waals surface area contributed by atoms with Crippen molar-refractivity contribution in [3.63, 3.8) is 0 Å². The van der Waals surface area contributed by atoms with Crippen molar-refractivity contribution in [2.75, 3.05) is 4.90 Å². The summed E-state index contributed by atoms with van der Waals surface area (Å²) in [5.41, 5.74) is 4.76. The lowest BCUT2D eigenvalue weighted by atomic mass is 9.98. The maximum absolute atomic E-state index is 2.26. The Kier molecular flexibility index (Phi) is 4.95. The monoisotopic (exact) mass is 353 g/mol. The van der Waals surface area contributed by atoms with Gasteiger partial charge in [-0.25, -0.2) is 0 Å². The molecule has 0 amide bonds. The van der Waals surface area contributed by atoms with Crippen LogP contribution in [0.2, 0.25) is 0 Å². The molecule has 4 aromatic rings. The summed E-state index contributed by atoms with van der Waals surface area (Å²) in [5, 5.41) is 3.31. The van der Waals surface area contributed by atoms with E-state index in [0.717, 1.165) is 5.69 Å². The molecule has 0 aliphatic carbocycles. The van der Waals surface area contributed by atoms with Crippen LogP contribution in [0.4, 0.5) is 10.7 Å². The topological polar surface area (TPSA) is 3.24 Å². The number of rotatable bonds is 5. The van der Waals surface area contributed by atoms with Crippen LogP contribution in [0.25, 0.3) is 5.57 Å². The second-order valence-corrected chi connectivity index (χ2v) is 6.86. The van der Waals surface area contributed by atoms with Gasteiger partial charge < -0.3 is 4.90 Å². The van der Waals surface area contributed by atoms with E-state index in [9.17, 15) is 0 Å². The van der Waals surface area contributed by atoms with Gasteiger partial charge >= 0.3 is 0 Å². The van der Waals surface area contributed by atoms with Crippen LogP contribution in [-0.2, 0) is 0 Å². The average molecular weight is 353 g/mol. The van der Waals surface area contributed by atoms with Gasteiger partial charge in [0.1, 0.15) is 0 Å². The van der Waals surface area contributed by atoms with Gasteiger partial charge in [0.05, 0.1) is 5.00 Å². The lowest BCUT2D eigenvalue weighted by Gasteiger charge is -2.21. The number of hydrogen-bond acceptors (Lipinski definition) is 2. The first-order chi connectivity index (χ1) is 12.9. The Balaban J connectivity index is 1.88. The molecule has 0 saturated carbocycles. The molecule has 0 radical (unpaired) electrons. The van der Waals surface area contributed by atoms with Gasteiger partial charge in [-0.1, -0.05) is 78.9 Å². The molecule has 0 N–H and O–H groups in total. The normalized spacial score (nSPS) is 10.3. The van der Waals surface area contributed by atoms with Gasteiger partial charge in [0.2, 0.25) is 0 Å². The Bertz CT molecular complexity index is 917. The van der Waals surface area contributed by atoms with Crippen LogP contribution in [0.15, 0.2) is 115 Å². The van der Waals surface area contributed by atoms with Gasteiger partial charge in [-0.2, -0.15) is 0 Å². The Hall–Kier alpha value is -3.10. The summed E-state index contributed by atoms with van der Waals surface area (Å²) in [7, 11) is 0. The van der Waals surface area contributed by atoms with Gasteiger partial charge in [0.25, 0.3) is 0 Å². The van der Waals surface area contributed by atoms with E-state index in [4.69, 9.17) is 0 Å². The highest BCUT2D eigenvalue weighted by molar-refractivity contribution is 7.14. The van der Waals surface area contributed by atoms with Crippen LogP contribution in [-0.4, -0.2) is 0 Å². The second kappa shape index (κ2) is 7.85. The number of anilines is 2. The molecule has 3 aromatic carbocycles. The molecule has 0 saturated heterocycles. The van der Waals surface area contributed by atoms with E-state index in [1.807, 2.05) is 0 Å². The molecule has 1 heterocycles. The van der Waals surface area contributed by atoms with Crippen molar-refractivity contribution in [1.82, 2.24) is 0 Å². The largest absolute Gasteiger partial charge is 0.308 e. The molecule has 0 aliphatic heterocycles. The molecule has 0 fully saturated rings. The van der Waals surface area contributed by atoms with Crippen LogP contribution >= 0.6 is 11.3 Å². The summed E-state index contributed by atoms with van der Waals surface area (Å²) < 4.78 is 0. The van der Waals surface area contributed by atoms with Crippen molar-refractivity contribution >= 4 is 27.6 Å². The van der Waals surface area contributed by atoms with Gasteiger partial charge in [-0.3, -0.25) is 0 Å². The van der Waals surface area contributed by atoms with Crippen molar-refractivity contribution in [3.05, 3.63) is 126 Å². The number of benzene rings is 3. The molecule has 2 heteroatoms. The number of thiophene rings is 1. The first-order valence-corrected chi connectivity index (χ1v) is 9.50. The second-order valence-electron chi connectivity index (χ2n) is 5.93. The zero-order valence-corrected chi connectivity index (χ0v) is 15.1. The van der Waals surface area contributed by atoms with Crippen LogP contribution in [0.5, 0.6) is 0 Å². The highest BCUT2D eigenvalue weighted by Crippen LogP contribution is 2.33. The summed E-state index contributed by atoms with van der Waals surface area (Å²) in [6.07, 6.45) is 2.24. The fourth-order valence-electron chi connectivity index (χ4n) is 2.94. The summed E-state index contributed by atoms with van der Waals surface area (Å²) in [4.78, 5) is 2.26. The van der Waals surface area contributed by atoms with E-state index in [0.29, 0.717) is 0 Å². The molecule has 1 aromatic heterocycles. The first kappa shape index (κ1) is 16.4. The summed E-state index contributed by atoms with van der Waals surface area (Å²) in [6.45, 7) is 0. The third kappa shape index (κ3) is 3.61. The zero-order valence-electron chi connectivity index (χ0n) is 14.3. The van der Waals surface area contributed by atoms with Crippen molar-refractivity contribution in [2.24, 2.45) is 0 Å². The zero-order chi connectivity index (χ0) is 17.6. The third-order valence-corrected chi connectivity index (χ3v) is 5.07. The lowest BCUT2D eigenvalue weighted by molar-refractivity contribution is 1.31. The van der Waals surface area contributed by atoms with Gasteiger partial charge in [0, 0.05) is 17.5 Å². The Labute approximate surface area is 158 Å². The van der Waals surface area contributed by atoms with Crippen LogP contribution in [0.1, 0.15) is 11.1 Å². The third-order valence-electron chi connectivity index (χ3n) is 4.21. The molecule has 0 unspecified atom stereocenters. The van der Waals surface area contributed by atoms with Crippen LogP contribution in [0, 0.1) is 0 Å². The summed E-state index contributed by atoms with van der Waals surface area (Å²) in [5.74, 6) is 0. The first-order valence-electron chi connectivity index (χ1n) is 8.62. The lowest BCUT2D eigenvalue weighted by Crippen LogP contribution is -2.08. The van der Waals surface area contributed by atoms with Gasteiger partial charge in [0.15, 0.2) is 0 Å². The van der Waals surface area contributed by atoms with E-state index >= 15 is 0 Å². The molecule has 0 spiro atoms. The highest BCUT2D eigenvalue weighted by atomic mass is 32.1. The molecule has 4 rings (SSSR count). The Morgan fingerprint density at radius 3 is 1.65 bits per heavy atom. The van der Waals surface area contributed by atoms with Crippen molar-refractivity contribution in [1.29, 1.82) is 0 Å². The van der Waals surface area contributed by atoms with E-state index in [1.165, 1.54) is 21.7 Å².